The van der Waals surface area contributed by atoms with Gasteiger partial charge in [0.25, 0.3) is 10.1 Å². The van der Waals surface area contributed by atoms with E-state index in [2.05, 4.69) is 61.5 Å². The summed E-state index contributed by atoms with van der Waals surface area (Å²) in [6, 6.07) is 5.30. The van der Waals surface area contributed by atoms with Gasteiger partial charge in [0.15, 0.2) is 0 Å². The Morgan fingerprint density at radius 2 is 1.14 bits per heavy atom. The lowest BCUT2D eigenvalue weighted by Crippen LogP contribution is -2.28. The minimum absolute atomic E-state index is 0.0116. The summed E-state index contributed by atoms with van der Waals surface area (Å²) >= 11 is 0. The van der Waals surface area contributed by atoms with E-state index in [4.69, 9.17) is 0 Å². The third kappa shape index (κ3) is 3.72. The van der Waals surface area contributed by atoms with Gasteiger partial charge in [-0.3, -0.25) is 4.55 Å². The molecule has 0 aliphatic carbocycles. The Labute approximate surface area is 135 Å². The monoisotopic (exact) mass is 326 g/mol. The van der Waals surface area contributed by atoms with Crippen LogP contribution in [0.3, 0.4) is 0 Å². The molecule has 0 fully saturated rings. The summed E-state index contributed by atoms with van der Waals surface area (Å²) in [6.07, 6.45) is 0. The van der Waals surface area contributed by atoms with Crippen LogP contribution in [-0.2, 0) is 20.9 Å². The van der Waals surface area contributed by atoms with E-state index in [1.165, 1.54) is 0 Å². The second kappa shape index (κ2) is 5.97. The lowest BCUT2D eigenvalue weighted by Gasteiger charge is -2.34. The molecule has 1 aromatic rings. The summed E-state index contributed by atoms with van der Waals surface area (Å²) in [5.41, 5.74) is 1.54. The van der Waals surface area contributed by atoms with Crippen LogP contribution >= 0.6 is 0 Å². The first-order chi connectivity index (χ1) is 9.70. The molecule has 1 rings (SSSR count). The normalized spacial score (nSPS) is 14.0. The molecular formula is C18H30O3S. The molecule has 126 valence electrons. The molecule has 0 unspecified atom stereocenters. The Kier molecular flexibility index (Phi) is 5.20. The molecule has 0 aromatic heterocycles. The molecule has 0 saturated heterocycles. The highest BCUT2D eigenvalue weighted by Crippen LogP contribution is 2.38. The van der Waals surface area contributed by atoms with E-state index in [1.807, 2.05) is 0 Å². The summed E-state index contributed by atoms with van der Waals surface area (Å²) in [5, 5.41) is 0. The Morgan fingerprint density at radius 3 is 1.36 bits per heavy atom. The maximum atomic E-state index is 11.7. The number of hydrogen-bond acceptors (Lipinski definition) is 2. The van der Waals surface area contributed by atoms with Crippen molar-refractivity contribution in [3.8, 4) is 0 Å². The van der Waals surface area contributed by atoms with Crippen molar-refractivity contribution in [3.05, 3.63) is 29.3 Å². The van der Waals surface area contributed by atoms with E-state index < -0.39 is 10.1 Å². The fraction of sp³-hybridized carbons (Fsp3) is 0.667. The van der Waals surface area contributed by atoms with Crippen molar-refractivity contribution in [3.63, 3.8) is 0 Å². The first kappa shape index (κ1) is 19.2. The highest BCUT2D eigenvalue weighted by molar-refractivity contribution is 7.85. The van der Waals surface area contributed by atoms with Crippen LogP contribution in [0.1, 0.15) is 66.5 Å². The van der Waals surface area contributed by atoms with E-state index in [0.717, 1.165) is 11.1 Å². The fourth-order valence-corrected chi connectivity index (χ4v) is 2.71. The fourth-order valence-electron chi connectivity index (χ4n) is 2.16. The molecule has 0 aliphatic rings. The van der Waals surface area contributed by atoms with Crippen LogP contribution < -0.4 is 0 Å². The summed E-state index contributed by atoms with van der Waals surface area (Å²) in [4.78, 5) is -0.0116. The van der Waals surface area contributed by atoms with Crippen molar-refractivity contribution in [2.75, 3.05) is 0 Å². The minimum atomic E-state index is -4.22. The predicted octanol–water partition coefficient (Wildman–Crippen LogP) is 4.80. The topological polar surface area (TPSA) is 54.4 Å². The molecule has 0 heterocycles. The molecule has 3 nitrogen and oxygen atoms in total. The average molecular weight is 327 g/mol. The van der Waals surface area contributed by atoms with Crippen molar-refractivity contribution in [1.29, 1.82) is 0 Å². The van der Waals surface area contributed by atoms with Crippen molar-refractivity contribution in [1.82, 2.24) is 0 Å². The molecule has 0 atom stereocenters. The van der Waals surface area contributed by atoms with Gasteiger partial charge in [-0.15, -0.1) is 0 Å². The van der Waals surface area contributed by atoms with Crippen LogP contribution in [0.5, 0.6) is 0 Å². The first-order valence-corrected chi connectivity index (χ1v) is 9.28. The van der Waals surface area contributed by atoms with Crippen molar-refractivity contribution in [2.24, 2.45) is 11.8 Å². The van der Waals surface area contributed by atoms with Crippen LogP contribution in [0.4, 0.5) is 0 Å². The van der Waals surface area contributed by atoms with Gasteiger partial charge in [-0.1, -0.05) is 61.5 Å². The largest absolute Gasteiger partial charge is 0.294 e. The molecule has 22 heavy (non-hydrogen) atoms. The molecule has 0 spiro atoms. The maximum Gasteiger partial charge on any atom is 0.294 e. The molecule has 0 amide bonds. The molecule has 4 heteroatoms. The van der Waals surface area contributed by atoms with Gasteiger partial charge in [-0.2, -0.15) is 8.42 Å². The number of rotatable bonds is 5. The zero-order valence-electron chi connectivity index (χ0n) is 15.1. The van der Waals surface area contributed by atoms with Crippen LogP contribution in [0, 0.1) is 11.8 Å². The summed E-state index contributed by atoms with van der Waals surface area (Å²) in [5.74, 6) is 0.693. The highest BCUT2D eigenvalue weighted by atomic mass is 32.2. The first-order valence-electron chi connectivity index (χ1n) is 7.84. The lowest BCUT2D eigenvalue weighted by molar-refractivity contribution is 0.358. The third-order valence-electron chi connectivity index (χ3n) is 5.58. The van der Waals surface area contributed by atoms with Gasteiger partial charge in [0.2, 0.25) is 0 Å². The zero-order valence-corrected chi connectivity index (χ0v) is 15.9. The van der Waals surface area contributed by atoms with E-state index >= 15 is 0 Å². The average Bonchev–Trinajstić information content (AvgIpc) is 2.36. The summed E-state index contributed by atoms with van der Waals surface area (Å²) in [6.45, 7) is 16.9. The van der Waals surface area contributed by atoms with Crippen LogP contribution in [0.2, 0.25) is 0 Å². The SMILES string of the molecule is CC(C)C(C)(C)c1cc(C(C)(C)C(C)C)cc(S(=O)(=O)O)c1. The molecule has 1 aromatic carbocycles. The third-order valence-corrected chi connectivity index (χ3v) is 6.41. The molecule has 0 saturated carbocycles. The van der Waals surface area contributed by atoms with Gasteiger partial charge in [-0.05, 0) is 45.9 Å². The van der Waals surface area contributed by atoms with Gasteiger partial charge in [0.1, 0.15) is 0 Å². The molecule has 0 radical (unpaired) electrons. The summed E-state index contributed by atoms with van der Waals surface area (Å²) < 4.78 is 32.9. The van der Waals surface area contributed by atoms with Gasteiger partial charge < -0.3 is 0 Å². The van der Waals surface area contributed by atoms with Crippen LogP contribution in [-0.4, -0.2) is 13.0 Å². The Balaban J connectivity index is 3.69. The van der Waals surface area contributed by atoms with Crippen LogP contribution in [0.15, 0.2) is 23.1 Å². The van der Waals surface area contributed by atoms with Gasteiger partial charge in [0.05, 0.1) is 4.90 Å². The van der Waals surface area contributed by atoms with Crippen molar-refractivity contribution < 1.29 is 13.0 Å². The lowest BCUT2D eigenvalue weighted by atomic mass is 9.71. The van der Waals surface area contributed by atoms with Gasteiger partial charge in [0, 0.05) is 0 Å². The predicted molar refractivity (Wildman–Crippen MR) is 92.0 cm³/mol. The van der Waals surface area contributed by atoms with E-state index in [9.17, 15) is 13.0 Å². The number of hydrogen-bond donors (Lipinski definition) is 1. The van der Waals surface area contributed by atoms with Crippen LogP contribution in [0.25, 0.3) is 0 Å². The van der Waals surface area contributed by atoms with E-state index in [1.54, 1.807) is 12.1 Å². The molecule has 1 N–H and O–H groups in total. The zero-order chi connectivity index (χ0) is 17.5. The van der Waals surface area contributed by atoms with Gasteiger partial charge in [-0.25, -0.2) is 0 Å². The van der Waals surface area contributed by atoms with E-state index in [0.29, 0.717) is 11.8 Å². The minimum Gasteiger partial charge on any atom is -0.282 e. The van der Waals surface area contributed by atoms with Gasteiger partial charge >= 0.3 is 0 Å². The quantitative estimate of drug-likeness (QED) is 0.791. The smallest absolute Gasteiger partial charge is 0.282 e. The standard InChI is InChI=1S/C18H30O3S/c1-12(2)17(5,6)14-9-15(18(7,8)13(3)4)11-16(10-14)22(19,20)21/h9-13H,1-8H3,(H,19,20,21). The second-order valence-electron chi connectivity index (χ2n) is 7.97. The van der Waals surface area contributed by atoms with E-state index in [-0.39, 0.29) is 15.7 Å². The molecule has 0 aliphatic heterocycles. The highest BCUT2D eigenvalue weighted by Gasteiger charge is 2.31. The Morgan fingerprint density at radius 1 is 0.818 bits per heavy atom. The molecular weight excluding hydrogens is 296 g/mol. The second-order valence-corrected chi connectivity index (χ2v) is 9.40. The Bertz CT molecular complexity index is 600. The summed E-state index contributed by atoms with van der Waals surface area (Å²) in [7, 11) is -4.22. The maximum absolute atomic E-state index is 11.7. The Hall–Kier alpha value is -0.870. The molecule has 0 bridgehead atoms. The van der Waals surface area contributed by atoms with Crippen molar-refractivity contribution >= 4 is 10.1 Å². The van der Waals surface area contributed by atoms with Crippen molar-refractivity contribution in [2.45, 2.75) is 71.1 Å². The number of benzene rings is 1.